The van der Waals surface area contributed by atoms with E-state index in [9.17, 15) is 18.0 Å². The van der Waals surface area contributed by atoms with E-state index in [0.29, 0.717) is 24.6 Å². The van der Waals surface area contributed by atoms with Crippen LogP contribution >= 0.6 is 0 Å². The van der Waals surface area contributed by atoms with Gasteiger partial charge in [0.1, 0.15) is 11.6 Å². The van der Waals surface area contributed by atoms with Gasteiger partial charge in [0.05, 0.1) is 24.4 Å². The first kappa shape index (κ1) is 32.1. The monoisotopic (exact) mass is 635 g/mol. The molecule has 13 heteroatoms. The minimum Gasteiger partial charge on any atom is -0.453 e. The molecular weight excluding hydrogens is 594 g/mol. The Bertz CT molecular complexity index is 1700. The van der Waals surface area contributed by atoms with Gasteiger partial charge >= 0.3 is 6.09 Å². The summed E-state index contributed by atoms with van der Waals surface area (Å²) in [6.07, 6.45) is 3.50. The molecule has 0 saturated carbocycles. The van der Waals surface area contributed by atoms with Gasteiger partial charge in [-0.1, -0.05) is 26.8 Å². The molecule has 2 aliphatic rings. The summed E-state index contributed by atoms with van der Waals surface area (Å²) in [5, 5.41) is 5.79. The molecule has 0 radical (unpaired) electrons. The number of sulfonamides is 1. The summed E-state index contributed by atoms with van der Waals surface area (Å²) in [4.78, 5) is 41.4. The van der Waals surface area contributed by atoms with Crippen LogP contribution in [0.3, 0.4) is 0 Å². The van der Waals surface area contributed by atoms with Gasteiger partial charge in [-0.25, -0.2) is 19.5 Å². The summed E-state index contributed by atoms with van der Waals surface area (Å²) in [5.41, 5.74) is 1.94. The van der Waals surface area contributed by atoms with Gasteiger partial charge in [-0.15, -0.1) is 0 Å². The van der Waals surface area contributed by atoms with E-state index in [0.717, 1.165) is 29.8 Å². The third-order valence-corrected chi connectivity index (χ3v) is 9.57. The molecule has 3 aromatic heterocycles. The number of hydrogen-bond donors (Lipinski definition) is 3. The number of fused-ring (bicyclic) bond motifs is 6. The van der Waals surface area contributed by atoms with E-state index >= 15 is 0 Å². The summed E-state index contributed by atoms with van der Waals surface area (Å²) in [5.74, 6) is 0.307. The lowest BCUT2D eigenvalue weighted by Gasteiger charge is -2.34. The Hall–Kier alpha value is -4.26. The molecule has 240 valence electrons. The van der Waals surface area contributed by atoms with Crippen molar-refractivity contribution in [1.82, 2.24) is 25.0 Å². The third kappa shape index (κ3) is 7.19. The highest BCUT2D eigenvalue weighted by atomic mass is 32.2. The maximum Gasteiger partial charge on any atom is 0.407 e. The minimum atomic E-state index is -4.32. The van der Waals surface area contributed by atoms with Crippen LogP contribution in [-0.2, 0) is 26.7 Å². The number of ether oxygens (including phenoxy) is 1. The Kier molecular flexibility index (Phi) is 8.76. The quantitative estimate of drug-likeness (QED) is 0.369. The molecule has 0 spiro atoms. The lowest BCUT2D eigenvalue weighted by molar-refractivity contribution is 0.0981. The molecule has 1 saturated heterocycles. The van der Waals surface area contributed by atoms with Crippen molar-refractivity contribution in [1.29, 1.82) is 0 Å². The van der Waals surface area contributed by atoms with Crippen molar-refractivity contribution in [2.75, 3.05) is 23.9 Å². The average Bonchev–Trinajstić information content (AvgIpc) is 3.30. The van der Waals surface area contributed by atoms with Gasteiger partial charge in [-0.2, -0.15) is 8.42 Å². The maximum atomic E-state index is 13.6. The van der Waals surface area contributed by atoms with Crippen LogP contribution in [0.25, 0.3) is 0 Å². The van der Waals surface area contributed by atoms with Crippen LogP contribution in [0.1, 0.15) is 87.2 Å². The van der Waals surface area contributed by atoms with Gasteiger partial charge in [0.25, 0.3) is 15.9 Å². The Labute approximate surface area is 264 Å². The van der Waals surface area contributed by atoms with Gasteiger partial charge < -0.3 is 20.3 Å². The number of nitrogens with zero attached hydrogens (tertiary/aromatic N) is 4. The summed E-state index contributed by atoms with van der Waals surface area (Å²) in [6.45, 7) is 11.3. The summed E-state index contributed by atoms with van der Waals surface area (Å²) >= 11 is 0. The smallest absolute Gasteiger partial charge is 0.407 e. The first-order chi connectivity index (χ1) is 21.2. The average molecular weight is 636 g/mol. The second-order valence-electron chi connectivity index (χ2n) is 13.3. The predicted octanol–water partition coefficient (Wildman–Crippen LogP) is 4.70. The number of methoxy groups -OCH3 is 1. The van der Waals surface area contributed by atoms with E-state index in [2.05, 4.69) is 64.8 Å². The Balaban J connectivity index is 1.57. The molecule has 4 bridgehead atoms. The minimum absolute atomic E-state index is 0.198. The molecule has 45 heavy (non-hydrogen) atoms. The van der Waals surface area contributed by atoms with Crippen LogP contribution in [-0.4, -0.2) is 54.6 Å². The molecule has 0 aliphatic carbocycles. The molecule has 2 atom stereocenters. The van der Waals surface area contributed by atoms with E-state index in [1.165, 1.54) is 13.2 Å². The molecular formula is C32H41N7O5S. The van der Waals surface area contributed by atoms with E-state index in [-0.39, 0.29) is 40.0 Å². The van der Waals surface area contributed by atoms with E-state index < -0.39 is 22.0 Å². The van der Waals surface area contributed by atoms with Gasteiger partial charge in [-0.3, -0.25) is 9.78 Å². The van der Waals surface area contributed by atoms with Crippen molar-refractivity contribution in [2.45, 2.75) is 82.4 Å². The molecule has 3 N–H and O–H groups in total. The normalized spacial score (nSPS) is 20.9. The first-order valence-electron chi connectivity index (χ1n) is 15.0. The van der Waals surface area contributed by atoms with Crippen molar-refractivity contribution in [3.63, 3.8) is 0 Å². The second-order valence-corrected chi connectivity index (χ2v) is 14.9. The fraction of sp³-hybridized carbons (Fsp3) is 0.469. The molecule has 2 amide bonds. The van der Waals surface area contributed by atoms with Crippen LogP contribution in [0.15, 0.2) is 53.7 Å². The van der Waals surface area contributed by atoms with E-state index in [4.69, 9.17) is 9.72 Å². The number of amides is 2. The van der Waals surface area contributed by atoms with Crippen molar-refractivity contribution in [3.8, 4) is 0 Å². The van der Waals surface area contributed by atoms with Gasteiger partial charge in [-0.05, 0) is 81.0 Å². The fourth-order valence-electron chi connectivity index (χ4n) is 5.99. The van der Waals surface area contributed by atoms with Crippen molar-refractivity contribution < 1.29 is 22.7 Å². The van der Waals surface area contributed by atoms with Crippen LogP contribution in [0.2, 0.25) is 0 Å². The molecule has 3 aromatic rings. The first-order valence-corrected chi connectivity index (χ1v) is 16.5. The molecule has 2 aliphatic heterocycles. The predicted molar refractivity (Wildman–Crippen MR) is 170 cm³/mol. The number of carbonyl (C=O) groups is 2. The Morgan fingerprint density at radius 3 is 2.64 bits per heavy atom. The number of aromatic nitrogens is 3. The fourth-order valence-corrected chi connectivity index (χ4v) is 6.93. The van der Waals surface area contributed by atoms with Crippen molar-refractivity contribution in [2.24, 2.45) is 5.92 Å². The van der Waals surface area contributed by atoms with Gasteiger partial charge in [0.2, 0.25) is 0 Å². The molecule has 1 unspecified atom stereocenters. The van der Waals surface area contributed by atoms with Crippen LogP contribution < -0.4 is 20.3 Å². The number of pyridine rings is 3. The van der Waals surface area contributed by atoms with Crippen LogP contribution in [0, 0.1) is 5.92 Å². The largest absolute Gasteiger partial charge is 0.453 e. The van der Waals surface area contributed by atoms with Crippen LogP contribution in [0.4, 0.5) is 16.4 Å². The second kappa shape index (κ2) is 12.3. The lowest BCUT2D eigenvalue weighted by atomic mass is 9.90. The SMILES string of the molecule is COC(=O)NCc1ccnc(C2CC[C@@H]3CN(c4nc(C(C)(C)C)ccc4C(=O)NS(=O)(=O)c4cccc(n4)N2)C(C)(C)C3)c1. The summed E-state index contributed by atoms with van der Waals surface area (Å²) in [6, 6.07) is 11.5. The van der Waals surface area contributed by atoms with Crippen molar-refractivity contribution in [3.05, 3.63) is 71.2 Å². The topological polar surface area (TPSA) is 156 Å². The zero-order valence-corrected chi connectivity index (χ0v) is 27.4. The Morgan fingerprint density at radius 2 is 1.91 bits per heavy atom. The molecule has 12 nitrogen and oxygen atoms in total. The zero-order valence-electron chi connectivity index (χ0n) is 26.5. The zero-order chi connectivity index (χ0) is 32.6. The lowest BCUT2D eigenvalue weighted by Crippen LogP contribution is -2.41. The maximum absolute atomic E-state index is 13.6. The highest BCUT2D eigenvalue weighted by Gasteiger charge is 2.41. The number of hydrogen-bond acceptors (Lipinski definition) is 10. The number of alkyl carbamates (subject to hydrolysis) is 1. The van der Waals surface area contributed by atoms with Crippen LogP contribution in [0.5, 0.6) is 0 Å². The summed E-state index contributed by atoms with van der Waals surface area (Å²) < 4.78 is 33.9. The Morgan fingerprint density at radius 1 is 1.13 bits per heavy atom. The number of carbonyl (C=O) groups excluding carboxylic acids is 2. The standard InChI is InChI=1S/C32H41N7O5S/c1-31(2,3)25-13-11-22-28(36-25)39-19-21(17-32(39,4)5)10-12-23(24-16-20(14-15-33-24)18-34-30(41)44-6)35-26-8-7-9-27(37-26)45(42,43)38-29(22)40/h7-9,11,13-16,21,23H,10,12,17-19H2,1-6H3,(H,34,41)(H,35,37)(H,38,40)/t21-,23?/m0/s1. The van der Waals surface area contributed by atoms with E-state index in [1.54, 1.807) is 30.5 Å². The summed E-state index contributed by atoms with van der Waals surface area (Å²) in [7, 11) is -3.01. The highest BCUT2D eigenvalue weighted by Crippen LogP contribution is 2.41. The molecule has 5 rings (SSSR count). The van der Waals surface area contributed by atoms with Crippen molar-refractivity contribution >= 4 is 33.7 Å². The third-order valence-electron chi connectivity index (χ3n) is 8.34. The molecule has 5 heterocycles. The van der Waals surface area contributed by atoms with E-state index in [1.807, 2.05) is 12.1 Å². The highest BCUT2D eigenvalue weighted by molar-refractivity contribution is 7.90. The number of nitrogens with one attached hydrogen (secondary N) is 3. The number of anilines is 2. The van der Waals surface area contributed by atoms with Gasteiger partial charge in [0.15, 0.2) is 5.03 Å². The molecule has 1 fully saturated rings. The molecule has 0 aromatic carbocycles. The number of rotatable bonds is 3. The van der Waals surface area contributed by atoms with Gasteiger partial charge in [0, 0.05) is 35.9 Å².